The second kappa shape index (κ2) is 10.1. The van der Waals surface area contributed by atoms with Crippen LogP contribution in [0.4, 0.5) is 0 Å². The van der Waals surface area contributed by atoms with Crippen molar-refractivity contribution in [3.63, 3.8) is 0 Å². The summed E-state index contributed by atoms with van der Waals surface area (Å²) in [5.74, 6) is 0.978. The lowest BCUT2D eigenvalue weighted by atomic mass is 10.1. The molecule has 23 heavy (non-hydrogen) atoms. The van der Waals surface area contributed by atoms with Crippen molar-refractivity contribution in [1.82, 2.24) is 10.3 Å². The third-order valence-electron chi connectivity index (χ3n) is 3.59. The molecule has 0 aliphatic heterocycles. The van der Waals surface area contributed by atoms with Gasteiger partial charge in [0.1, 0.15) is 5.75 Å². The van der Waals surface area contributed by atoms with E-state index in [9.17, 15) is 4.79 Å². The fourth-order valence-electron chi connectivity index (χ4n) is 2.47. The second-order valence-corrected chi connectivity index (χ2v) is 5.32. The van der Waals surface area contributed by atoms with Crippen LogP contribution in [-0.4, -0.2) is 30.6 Å². The van der Waals surface area contributed by atoms with E-state index in [2.05, 4.69) is 16.4 Å². The summed E-state index contributed by atoms with van der Waals surface area (Å²) in [6, 6.07) is 6.05. The van der Waals surface area contributed by atoms with Gasteiger partial charge in [-0.3, -0.25) is 4.79 Å². The molecule has 5 nitrogen and oxygen atoms in total. The van der Waals surface area contributed by atoms with E-state index in [0.29, 0.717) is 26.1 Å². The second-order valence-electron chi connectivity index (χ2n) is 5.32. The largest absolute Gasteiger partial charge is 0.494 e. The van der Waals surface area contributed by atoms with Gasteiger partial charge >= 0.3 is 0 Å². The molecule has 0 unspecified atom stereocenters. The molecule has 6 heteroatoms. The summed E-state index contributed by atoms with van der Waals surface area (Å²) in [4.78, 5) is 14.6. The number of carbonyl (C=O) groups is 1. The van der Waals surface area contributed by atoms with Crippen molar-refractivity contribution >= 4 is 29.2 Å². The zero-order chi connectivity index (χ0) is 15.8. The van der Waals surface area contributed by atoms with E-state index in [0.717, 1.165) is 30.5 Å². The van der Waals surface area contributed by atoms with Crippen LogP contribution in [0.5, 0.6) is 5.75 Å². The summed E-state index contributed by atoms with van der Waals surface area (Å²) in [6.07, 6.45) is 5.15. The number of ether oxygens (including phenoxy) is 1. The van der Waals surface area contributed by atoms with Gasteiger partial charge in [-0.05, 0) is 56.5 Å². The first-order chi connectivity index (χ1) is 10.7. The van der Waals surface area contributed by atoms with Gasteiger partial charge in [-0.1, -0.05) is 0 Å². The molecule has 128 valence electrons. The summed E-state index contributed by atoms with van der Waals surface area (Å²) >= 11 is 0. The lowest BCUT2D eigenvalue weighted by Crippen LogP contribution is -2.22. The number of benzene rings is 1. The fourth-order valence-corrected chi connectivity index (χ4v) is 2.47. The molecule has 4 N–H and O–H groups in total. The molecule has 1 aromatic heterocycles. The van der Waals surface area contributed by atoms with Gasteiger partial charge < -0.3 is 20.8 Å². The fraction of sp³-hybridized carbons (Fsp3) is 0.471. The molecular formula is C17H26ClN3O2. The van der Waals surface area contributed by atoms with Crippen LogP contribution in [0.1, 0.15) is 31.7 Å². The van der Waals surface area contributed by atoms with E-state index in [4.69, 9.17) is 10.5 Å². The standard InChI is InChI=1S/C17H25N3O2.ClH/c1-2-19-17(21)5-3-4-10-22-14-6-7-16-15(11-14)13(8-9-18)12-20-16;/h6-7,11-12,20H,2-5,8-10,18H2,1H3,(H,19,21);1H. The van der Waals surface area contributed by atoms with Gasteiger partial charge in [0.05, 0.1) is 6.61 Å². The number of nitrogens with one attached hydrogen (secondary N) is 2. The van der Waals surface area contributed by atoms with Crippen LogP contribution in [0.25, 0.3) is 10.9 Å². The molecule has 0 aliphatic rings. The predicted molar refractivity (Wildman–Crippen MR) is 96.3 cm³/mol. The Balaban J connectivity index is 0.00000264. The Morgan fingerprint density at radius 3 is 2.91 bits per heavy atom. The van der Waals surface area contributed by atoms with Gasteiger partial charge in [0.25, 0.3) is 0 Å². The highest BCUT2D eigenvalue weighted by atomic mass is 35.5. The summed E-state index contributed by atoms with van der Waals surface area (Å²) in [7, 11) is 0. The molecule has 0 bridgehead atoms. The van der Waals surface area contributed by atoms with Crippen LogP contribution in [0, 0.1) is 0 Å². The molecule has 0 saturated carbocycles. The van der Waals surface area contributed by atoms with Crippen LogP contribution in [-0.2, 0) is 11.2 Å². The lowest BCUT2D eigenvalue weighted by molar-refractivity contribution is -0.121. The molecule has 0 aliphatic carbocycles. The number of carbonyl (C=O) groups excluding carboxylic acids is 1. The van der Waals surface area contributed by atoms with Crippen molar-refractivity contribution < 1.29 is 9.53 Å². The highest BCUT2D eigenvalue weighted by Crippen LogP contribution is 2.24. The Labute approximate surface area is 143 Å². The molecule has 1 heterocycles. The van der Waals surface area contributed by atoms with Crippen LogP contribution in [0.3, 0.4) is 0 Å². The first kappa shape index (κ1) is 19.3. The van der Waals surface area contributed by atoms with Crippen molar-refractivity contribution in [2.45, 2.75) is 32.6 Å². The van der Waals surface area contributed by atoms with Crippen LogP contribution in [0.2, 0.25) is 0 Å². The SMILES string of the molecule is CCNC(=O)CCCCOc1ccc2[nH]cc(CCN)c2c1.Cl. The lowest BCUT2D eigenvalue weighted by Gasteiger charge is -2.07. The molecule has 0 spiro atoms. The van der Waals surface area contributed by atoms with Gasteiger partial charge in [-0.2, -0.15) is 0 Å². The molecule has 0 radical (unpaired) electrons. The van der Waals surface area contributed by atoms with Gasteiger partial charge in [-0.25, -0.2) is 0 Å². The summed E-state index contributed by atoms with van der Waals surface area (Å²) in [5, 5.41) is 3.97. The number of amides is 1. The maximum Gasteiger partial charge on any atom is 0.219 e. The number of unbranched alkanes of at least 4 members (excludes halogenated alkanes) is 1. The summed E-state index contributed by atoms with van der Waals surface area (Å²) in [5.41, 5.74) is 7.96. The maximum atomic E-state index is 11.3. The van der Waals surface area contributed by atoms with Gasteiger partial charge in [0, 0.05) is 30.1 Å². The quantitative estimate of drug-likeness (QED) is 0.614. The molecule has 0 fully saturated rings. The summed E-state index contributed by atoms with van der Waals surface area (Å²) in [6.45, 7) is 3.88. The van der Waals surface area contributed by atoms with E-state index in [1.165, 1.54) is 10.9 Å². The number of halogens is 1. The Bertz CT molecular complexity index is 613. The van der Waals surface area contributed by atoms with Crippen molar-refractivity contribution in [3.8, 4) is 5.75 Å². The minimum absolute atomic E-state index is 0. The number of nitrogens with two attached hydrogens (primary N) is 1. The molecule has 2 aromatic rings. The molecular weight excluding hydrogens is 314 g/mol. The van der Waals surface area contributed by atoms with E-state index < -0.39 is 0 Å². The number of fused-ring (bicyclic) bond motifs is 1. The average molecular weight is 340 g/mol. The van der Waals surface area contributed by atoms with E-state index in [1.54, 1.807) is 0 Å². The topological polar surface area (TPSA) is 80.1 Å². The third kappa shape index (κ3) is 5.77. The third-order valence-corrected chi connectivity index (χ3v) is 3.59. The van der Waals surface area contributed by atoms with Gasteiger partial charge in [0.2, 0.25) is 5.91 Å². The van der Waals surface area contributed by atoms with Crippen molar-refractivity contribution in [2.24, 2.45) is 5.73 Å². The first-order valence-electron chi connectivity index (χ1n) is 7.94. The Hall–Kier alpha value is -1.72. The van der Waals surface area contributed by atoms with Crippen molar-refractivity contribution in [2.75, 3.05) is 19.7 Å². The number of hydrogen-bond acceptors (Lipinski definition) is 3. The van der Waals surface area contributed by atoms with Crippen molar-refractivity contribution in [3.05, 3.63) is 30.0 Å². The molecule has 1 amide bonds. The number of rotatable bonds is 9. The highest BCUT2D eigenvalue weighted by Gasteiger charge is 2.05. The van der Waals surface area contributed by atoms with E-state index in [-0.39, 0.29) is 18.3 Å². The Morgan fingerprint density at radius 1 is 1.35 bits per heavy atom. The van der Waals surface area contributed by atoms with Crippen LogP contribution >= 0.6 is 12.4 Å². The Kier molecular flexibility index (Phi) is 8.51. The molecule has 2 rings (SSSR count). The van der Waals surface area contributed by atoms with Gasteiger partial charge in [0.15, 0.2) is 0 Å². The smallest absolute Gasteiger partial charge is 0.219 e. The normalized spacial score (nSPS) is 10.3. The molecule has 0 saturated heterocycles. The number of aromatic nitrogens is 1. The van der Waals surface area contributed by atoms with Crippen LogP contribution in [0.15, 0.2) is 24.4 Å². The number of aromatic amines is 1. The van der Waals surface area contributed by atoms with Crippen molar-refractivity contribution in [1.29, 1.82) is 0 Å². The molecule has 1 aromatic carbocycles. The van der Waals surface area contributed by atoms with E-state index >= 15 is 0 Å². The zero-order valence-electron chi connectivity index (χ0n) is 13.6. The average Bonchev–Trinajstić information content (AvgIpc) is 2.90. The highest BCUT2D eigenvalue weighted by molar-refractivity contribution is 5.85. The monoisotopic (exact) mass is 339 g/mol. The summed E-state index contributed by atoms with van der Waals surface area (Å²) < 4.78 is 5.78. The predicted octanol–water partition coefficient (Wildman–Crippen LogP) is 2.78. The zero-order valence-corrected chi connectivity index (χ0v) is 14.4. The van der Waals surface area contributed by atoms with Crippen LogP contribution < -0.4 is 15.8 Å². The Morgan fingerprint density at radius 2 is 2.17 bits per heavy atom. The number of H-pyrrole nitrogens is 1. The molecule has 0 atom stereocenters. The minimum Gasteiger partial charge on any atom is -0.494 e. The minimum atomic E-state index is 0. The van der Waals surface area contributed by atoms with E-state index in [1.807, 2.05) is 25.3 Å². The van der Waals surface area contributed by atoms with Gasteiger partial charge in [-0.15, -0.1) is 12.4 Å². The number of hydrogen-bond donors (Lipinski definition) is 3. The first-order valence-corrected chi connectivity index (χ1v) is 7.94. The maximum absolute atomic E-state index is 11.3.